The molecule has 158 valence electrons. The van der Waals surface area contributed by atoms with Crippen LogP contribution in [-0.4, -0.2) is 18.5 Å². The molecule has 0 aliphatic rings. The molecule has 0 spiro atoms. The summed E-state index contributed by atoms with van der Waals surface area (Å²) in [5.41, 5.74) is 11.8. The molecule has 3 rings (SSSR count). The summed E-state index contributed by atoms with van der Waals surface area (Å²) in [6, 6.07) is 29.0. The largest absolute Gasteiger partial charge is 0.494 e. The lowest BCUT2D eigenvalue weighted by Crippen LogP contribution is -2.20. The number of ether oxygens (including phenoxy) is 1. The highest BCUT2D eigenvalue weighted by atomic mass is 35.5. The van der Waals surface area contributed by atoms with Gasteiger partial charge in [0, 0.05) is 12.3 Å². The van der Waals surface area contributed by atoms with Gasteiger partial charge in [-0.15, -0.1) is 17.5 Å². The van der Waals surface area contributed by atoms with Crippen LogP contribution in [0.4, 0.5) is 0 Å². The van der Waals surface area contributed by atoms with Crippen LogP contribution in [0.2, 0.25) is 0 Å². The third-order valence-electron chi connectivity index (χ3n) is 5.00. The van der Waals surface area contributed by atoms with Crippen LogP contribution in [0, 0.1) is 11.8 Å². The smallest absolute Gasteiger partial charge is 0.119 e. The highest BCUT2D eigenvalue weighted by Gasteiger charge is 2.14. The van der Waals surface area contributed by atoms with Crippen molar-refractivity contribution in [2.45, 2.75) is 25.8 Å². The molecule has 0 aromatic heterocycles. The zero-order valence-electron chi connectivity index (χ0n) is 17.9. The predicted octanol–water partition coefficient (Wildman–Crippen LogP) is 6.39. The summed E-state index contributed by atoms with van der Waals surface area (Å²) in [6.45, 7) is 2.34. The fourth-order valence-corrected chi connectivity index (χ4v) is 3.74. The molecule has 0 heterocycles. The van der Waals surface area contributed by atoms with Gasteiger partial charge < -0.3 is 10.5 Å². The van der Waals surface area contributed by atoms with Gasteiger partial charge in [-0.05, 0) is 53.3 Å². The summed E-state index contributed by atoms with van der Waals surface area (Å²) >= 11 is 6.22. The molecule has 0 bridgehead atoms. The molecular formula is C28H28ClNO. The van der Waals surface area contributed by atoms with Gasteiger partial charge in [-0.3, -0.25) is 0 Å². The minimum Gasteiger partial charge on any atom is -0.494 e. The van der Waals surface area contributed by atoms with E-state index in [1.54, 1.807) is 6.92 Å². The number of rotatable bonds is 9. The van der Waals surface area contributed by atoms with Crippen LogP contribution in [0.1, 0.15) is 36.5 Å². The molecule has 0 saturated carbocycles. The molecule has 3 heteroatoms. The van der Waals surface area contributed by atoms with E-state index in [1.807, 2.05) is 24.3 Å². The summed E-state index contributed by atoms with van der Waals surface area (Å²) < 4.78 is 5.87. The number of alkyl halides is 1. The molecule has 0 saturated heterocycles. The molecule has 0 amide bonds. The number of hydrogen-bond donors (Lipinski definition) is 1. The Hall–Kier alpha value is -2.99. The zero-order valence-corrected chi connectivity index (χ0v) is 18.6. The fourth-order valence-electron chi connectivity index (χ4n) is 3.55. The quantitative estimate of drug-likeness (QED) is 0.243. The molecular weight excluding hydrogens is 402 g/mol. The molecule has 1 atom stereocenters. The van der Waals surface area contributed by atoms with E-state index in [1.165, 1.54) is 22.3 Å². The third-order valence-corrected chi connectivity index (χ3v) is 5.19. The Balaban J connectivity index is 1.94. The normalized spacial score (nSPS) is 12.4. The van der Waals surface area contributed by atoms with Gasteiger partial charge in [0.2, 0.25) is 0 Å². The Morgan fingerprint density at radius 2 is 1.45 bits per heavy atom. The first-order chi connectivity index (χ1) is 15.2. The van der Waals surface area contributed by atoms with E-state index in [4.69, 9.17) is 22.1 Å². The summed E-state index contributed by atoms with van der Waals surface area (Å²) in [5, 5.41) is 0. The highest BCUT2D eigenvalue weighted by Crippen LogP contribution is 2.35. The van der Waals surface area contributed by atoms with Crippen LogP contribution in [0.3, 0.4) is 0 Å². The molecule has 3 aromatic carbocycles. The fraction of sp³-hybridized carbons (Fsp3) is 0.214. The number of halogens is 1. The van der Waals surface area contributed by atoms with Crippen LogP contribution in [0.5, 0.6) is 5.75 Å². The molecule has 3 aromatic rings. The average molecular weight is 430 g/mol. The summed E-state index contributed by atoms with van der Waals surface area (Å²) in [6.07, 6.45) is 1.48. The van der Waals surface area contributed by atoms with Crippen LogP contribution in [-0.2, 0) is 0 Å². The van der Waals surface area contributed by atoms with Gasteiger partial charge in [0.25, 0.3) is 0 Å². The van der Waals surface area contributed by atoms with E-state index < -0.39 is 0 Å². The van der Waals surface area contributed by atoms with E-state index in [-0.39, 0.29) is 6.04 Å². The average Bonchev–Trinajstić information content (AvgIpc) is 2.81. The van der Waals surface area contributed by atoms with Gasteiger partial charge in [-0.2, -0.15) is 0 Å². The first-order valence-electron chi connectivity index (χ1n) is 10.5. The Labute approximate surface area is 190 Å². The zero-order chi connectivity index (χ0) is 21.9. The second-order valence-electron chi connectivity index (χ2n) is 7.19. The molecule has 31 heavy (non-hydrogen) atoms. The van der Waals surface area contributed by atoms with Crippen molar-refractivity contribution < 1.29 is 4.74 Å². The highest BCUT2D eigenvalue weighted by molar-refractivity contribution is 6.18. The summed E-state index contributed by atoms with van der Waals surface area (Å²) in [7, 11) is 0. The minimum absolute atomic E-state index is 0.152. The number of benzene rings is 3. The monoisotopic (exact) mass is 429 g/mol. The molecule has 1 unspecified atom stereocenters. The SMILES string of the molecule is CC#CC(N)CCOc1ccc(C(=C(CCCl)c2ccccc2)c2ccccc2)cc1. The van der Waals surface area contributed by atoms with Gasteiger partial charge in [-0.1, -0.05) is 78.7 Å². The minimum atomic E-state index is -0.152. The van der Waals surface area contributed by atoms with E-state index in [2.05, 4.69) is 72.5 Å². The Bertz CT molecular complexity index is 1030. The van der Waals surface area contributed by atoms with Crippen LogP contribution in [0.25, 0.3) is 11.1 Å². The summed E-state index contributed by atoms with van der Waals surface area (Å²) in [5.74, 6) is 7.17. The Kier molecular flexibility index (Phi) is 8.79. The van der Waals surface area contributed by atoms with E-state index in [0.29, 0.717) is 18.9 Å². The predicted molar refractivity (Wildman–Crippen MR) is 132 cm³/mol. The van der Waals surface area contributed by atoms with Crippen LogP contribution in [0.15, 0.2) is 84.9 Å². The second kappa shape index (κ2) is 12.0. The van der Waals surface area contributed by atoms with Crippen molar-refractivity contribution in [2.24, 2.45) is 5.73 Å². The van der Waals surface area contributed by atoms with Crippen molar-refractivity contribution in [3.05, 3.63) is 102 Å². The van der Waals surface area contributed by atoms with Gasteiger partial charge in [-0.25, -0.2) is 0 Å². The van der Waals surface area contributed by atoms with Gasteiger partial charge >= 0.3 is 0 Å². The molecule has 2 N–H and O–H groups in total. The third kappa shape index (κ3) is 6.49. The van der Waals surface area contributed by atoms with Crippen molar-refractivity contribution in [3.63, 3.8) is 0 Å². The van der Waals surface area contributed by atoms with Gasteiger partial charge in [0.05, 0.1) is 12.6 Å². The standard InChI is InChI=1S/C28H28ClNO/c1-2-9-25(30)19-21-31-26-16-14-24(15-17-26)28(23-12-7-4-8-13-23)27(18-20-29)22-10-5-3-6-11-22/h3-8,10-17,25H,18-21,30H2,1H3. The summed E-state index contributed by atoms with van der Waals surface area (Å²) in [4.78, 5) is 0. The maximum atomic E-state index is 6.22. The number of hydrogen-bond acceptors (Lipinski definition) is 2. The Morgan fingerprint density at radius 3 is 2.03 bits per heavy atom. The van der Waals surface area contributed by atoms with Crippen molar-refractivity contribution in [1.29, 1.82) is 0 Å². The molecule has 0 aliphatic heterocycles. The van der Waals surface area contributed by atoms with Crippen molar-refractivity contribution in [3.8, 4) is 17.6 Å². The molecule has 0 fully saturated rings. The van der Waals surface area contributed by atoms with Crippen LogP contribution < -0.4 is 10.5 Å². The van der Waals surface area contributed by atoms with E-state index >= 15 is 0 Å². The lowest BCUT2D eigenvalue weighted by molar-refractivity contribution is 0.306. The lowest BCUT2D eigenvalue weighted by Gasteiger charge is -2.17. The lowest BCUT2D eigenvalue weighted by atomic mass is 9.88. The maximum Gasteiger partial charge on any atom is 0.119 e. The molecule has 0 radical (unpaired) electrons. The topological polar surface area (TPSA) is 35.2 Å². The van der Waals surface area contributed by atoms with Gasteiger partial charge in [0.15, 0.2) is 0 Å². The maximum absolute atomic E-state index is 6.22. The second-order valence-corrected chi connectivity index (χ2v) is 7.56. The van der Waals surface area contributed by atoms with Crippen molar-refractivity contribution >= 4 is 22.7 Å². The molecule has 0 aliphatic carbocycles. The first-order valence-corrected chi connectivity index (χ1v) is 11.1. The van der Waals surface area contributed by atoms with E-state index in [0.717, 1.165) is 17.7 Å². The number of allylic oxidation sites excluding steroid dienone is 1. The Morgan fingerprint density at radius 1 is 0.871 bits per heavy atom. The van der Waals surface area contributed by atoms with Crippen molar-refractivity contribution in [2.75, 3.05) is 12.5 Å². The van der Waals surface area contributed by atoms with Crippen molar-refractivity contribution in [1.82, 2.24) is 0 Å². The van der Waals surface area contributed by atoms with Gasteiger partial charge in [0.1, 0.15) is 5.75 Å². The molecule has 2 nitrogen and oxygen atoms in total. The first kappa shape index (κ1) is 22.7. The van der Waals surface area contributed by atoms with E-state index in [9.17, 15) is 0 Å². The number of nitrogens with two attached hydrogens (primary N) is 1. The van der Waals surface area contributed by atoms with Crippen LogP contribution >= 0.6 is 11.6 Å².